The van der Waals surface area contributed by atoms with Crippen molar-refractivity contribution >= 4 is 21.9 Å². The summed E-state index contributed by atoms with van der Waals surface area (Å²) in [5, 5.41) is 10.4. The van der Waals surface area contributed by atoms with Gasteiger partial charge in [-0.3, -0.25) is 10.1 Å². The predicted octanol–water partition coefficient (Wildman–Crippen LogP) is 3.97. The Morgan fingerprint density at radius 2 is 1.73 bits per heavy atom. The minimum Gasteiger partial charge on any atom is -0.493 e. The molecule has 0 spiro atoms. The van der Waals surface area contributed by atoms with Crippen molar-refractivity contribution in [2.45, 2.75) is 43.5 Å². The summed E-state index contributed by atoms with van der Waals surface area (Å²) in [6.45, 7) is 2.50. The molecule has 1 aliphatic rings. The van der Waals surface area contributed by atoms with Gasteiger partial charge in [0.2, 0.25) is 21.7 Å². The molecule has 0 aliphatic carbocycles. The minimum absolute atomic E-state index is 0.000847. The molecule has 1 aliphatic heterocycles. The van der Waals surface area contributed by atoms with Gasteiger partial charge in [0.1, 0.15) is 0 Å². The van der Waals surface area contributed by atoms with E-state index >= 15 is 0 Å². The Hall–Kier alpha value is -3.64. The monoisotopic (exact) mass is 530 g/mol. The first kappa shape index (κ1) is 26.4. The highest BCUT2D eigenvalue weighted by atomic mass is 32.2. The average molecular weight is 531 g/mol. The van der Waals surface area contributed by atoms with Gasteiger partial charge in [-0.05, 0) is 55.7 Å². The molecule has 37 heavy (non-hydrogen) atoms. The van der Waals surface area contributed by atoms with Crippen LogP contribution in [-0.2, 0) is 10.0 Å². The van der Waals surface area contributed by atoms with E-state index in [-0.39, 0.29) is 28.4 Å². The second-order valence-electron chi connectivity index (χ2n) is 8.48. The first-order valence-corrected chi connectivity index (χ1v) is 13.3. The van der Waals surface area contributed by atoms with Crippen LogP contribution in [0, 0.1) is 0 Å². The molecule has 0 radical (unpaired) electrons. The molecule has 11 nitrogen and oxygen atoms in total. The van der Waals surface area contributed by atoms with Gasteiger partial charge in [-0.1, -0.05) is 18.4 Å². The van der Waals surface area contributed by atoms with Crippen LogP contribution in [-0.4, -0.2) is 62.7 Å². The Kier molecular flexibility index (Phi) is 7.98. The molecule has 1 N–H and O–H groups in total. The number of hydrogen-bond donors (Lipinski definition) is 1. The average Bonchev–Trinajstić information content (AvgIpc) is 3.40. The second-order valence-corrected chi connectivity index (χ2v) is 10.4. The molecule has 0 bridgehead atoms. The Balaban J connectivity index is 1.49. The van der Waals surface area contributed by atoms with Crippen molar-refractivity contribution in [1.29, 1.82) is 0 Å². The molecule has 0 saturated carbocycles. The van der Waals surface area contributed by atoms with E-state index in [2.05, 4.69) is 15.5 Å². The molecule has 1 aromatic heterocycles. The van der Waals surface area contributed by atoms with Crippen LogP contribution in [0.2, 0.25) is 0 Å². The molecule has 1 amide bonds. The van der Waals surface area contributed by atoms with Crippen LogP contribution < -0.4 is 19.5 Å². The number of carbonyl (C=O) groups is 1. The van der Waals surface area contributed by atoms with Crippen molar-refractivity contribution in [2.24, 2.45) is 0 Å². The minimum atomic E-state index is -3.64. The summed E-state index contributed by atoms with van der Waals surface area (Å²) in [7, 11) is 0.844. The van der Waals surface area contributed by atoms with Crippen LogP contribution in [0.25, 0.3) is 11.5 Å². The third-order valence-electron chi connectivity index (χ3n) is 6.32. The lowest BCUT2D eigenvalue weighted by atomic mass is 10.0. The molecule has 198 valence electrons. The summed E-state index contributed by atoms with van der Waals surface area (Å²) in [4.78, 5) is 12.9. The van der Waals surface area contributed by atoms with E-state index in [1.165, 1.54) is 45.6 Å². The maximum atomic E-state index is 13.2. The third-order valence-corrected chi connectivity index (χ3v) is 8.29. The van der Waals surface area contributed by atoms with Gasteiger partial charge >= 0.3 is 6.01 Å². The van der Waals surface area contributed by atoms with Gasteiger partial charge in [0.05, 0.1) is 26.2 Å². The fraction of sp³-hybridized carbons (Fsp3) is 0.400. The smallest absolute Gasteiger partial charge is 0.322 e. The quantitative estimate of drug-likeness (QED) is 0.436. The van der Waals surface area contributed by atoms with Crippen LogP contribution in [0.1, 0.15) is 43.0 Å². The second kappa shape index (κ2) is 11.2. The van der Waals surface area contributed by atoms with Gasteiger partial charge < -0.3 is 18.6 Å². The number of nitrogens with zero attached hydrogens (tertiary/aromatic N) is 3. The number of ether oxygens (including phenoxy) is 3. The van der Waals surface area contributed by atoms with Crippen LogP contribution in [0.4, 0.5) is 6.01 Å². The Labute approximate surface area is 215 Å². The Bertz CT molecular complexity index is 1330. The van der Waals surface area contributed by atoms with E-state index in [0.29, 0.717) is 29.4 Å². The number of nitrogens with one attached hydrogen (secondary N) is 1. The lowest BCUT2D eigenvalue weighted by molar-refractivity contribution is 0.102. The SMILES string of the molecule is CCC1CCCCN1S(=O)(=O)c1ccc(C(=O)Nc2nnc(-c3cc(OC)c(OC)c(OC)c3)o2)cc1. The fourth-order valence-electron chi connectivity index (χ4n) is 4.38. The van der Waals surface area contributed by atoms with Crippen molar-refractivity contribution in [2.75, 3.05) is 33.2 Å². The molecule has 1 fully saturated rings. The van der Waals surface area contributed by atoms with E-state index in [0.717, 1.165) is 25.7 Å². The molecule has 1 atom stereocenters. The first-order valence-electron chi connectivity index (χ1n) is 11.9. The van der Waals surface area contributed by atoms with E-state index in [4.69, 9.17) is 18.6 Å². The van der Waals surface area contributed by atoms with Crippen molar-refractivity contribution in [3.05, 3.63) is 42.0 Å². The predicted molar refractivity (Wildman–Crippen MR) is 136 cm³/mol. The van der Waals surface area contributed by atoms with Crippen molar-refractivity contribution in [1.82, 2.24) is 14.5 Å². The van der Waals surface area contributed by atoms with Gasteiger partial charge in [-0.25, -0.2) is 8.42 Å². The molecule has 2 aromatic carbocycles. The molecular weight excluding hydrogens is 500 g/mol. The topological polar surface area (TPSA) is 133 Å². The zero-order valence-electron chi connectivity index (χ0n) is 21.2. The van der Waals surface area contributed by atoms with E-state index in [1.807, 2.05) is 6.92 Å². The highest BCUT2D eigenvalue weighted by Gasteiger charge is 2.32. The largest absolute Gasteiger partial charge is 0.493 e. The molecule has 1 unspecified atom stereocenters. The number of carbonyl (C=O) groups excluding carboxylic acids is 1. The zero-order chi connectivity index (χ0) is 26.6. The fourth-order valence-corrected chi connectivity index (χ4v) is 6.14. The van der Waals surface area contributed by atoms with Crippen molar-refractivity contribution in [3.63, 3.8) is 0 Å². The molecule has 4 rings (SSSR count). The number of anilines is 1. The zero-order valence-corrected chi connectivity index (χ0v) is 22.0. The number of hydrogen-bond acceptors (Lipinski definition) is 9. The van der Waals surface area contributed by atoms with Gasteiger partial charge in [0.15, 0.2) is 11.5 Å². The number of aromatic nitrogens is 2. The molecular formula is C25H30N4O7S. The van der Waals surface area contributed by atoms with Gasteiger partial charge in [0, 0.05) is 23.7 Å². The lowest BCUT2D eigenvalue weighted by Crippen LogP contribution is -2.43. The molecule has 1 saturated heterocycles. The number of benzene rings is 2. The highest BCUT2D eigenvalue weighted by Crippen LogP contribution is 2.41. The van der Waals surface area contributed by atoms with Crippen LogP contribution in [0.3, 0.4) is 0 Å². The Morgan fingerprint density at radius 3 is 2.32 bits per heavy atom. The maximum Gasteiger partial charge on any atom is 0.322 e. The summed E-state index contributed by atoms with van der Waals surface area (Å²) >= 11 is 0. The lowest BCUT2D eigenvalue weighted by Gasteiger charge is -2.34. The summed E-state index contributed by atoms with van der Waals surface area (Å²) in [6, 6.07) is 8.98. The molecule has 2 heterocycles. The van der Waals surface area contributed by atoms with Gasteiger partial charge in [-0.15, -0.1) is 5.10 Å². The summed E-state index contributed by atoms with van der Waals surface area (Å²) in [5.74, 6) is 0.838. The standard InChI is InChI=1S/C25H30N4O7S/c1-5-18-8-6-7-13-29(18)37(31,32)19-11-9-16(10-12-19)23(30)26-25-28-27-24(36-25)17-14-20(33-2)22(35-4)21(15-17)34-3/h9-12,14-15,18H,5-8,13H2,1-4H3,(H,26,28,30). The van der Waals surface area contributed by atoms with Crippen molar-refractivity contribution < 1.29 is 31.8 Å². The summed E-state index contributed by atoms with van der Waals surface area (Å²) in [5.41, 5.74) is 0.748. The van der Waals surface area contributed by atoms with Crippen LogP contribution >= 0.6 is 0 Å². The van der Waals surface area contributed by atoms with Crippen LogP contribution in [0.5, 0.6) is 17.2 Å². The molecule has 3 aromatic rings. The van der Waals surface area contributed by atoms with Gasteiger partial charge in [-0.2, -0.15) is 4.31 Å². The highest BCUT2D eigenvalue weighted by molar-refractivity contribution is 7.89. The number of rotatable bonds is 9. The van der Waals surface area contributed by atoms with E-state index in [9.17, 15) is 13.2 Å². The third kappa shape index (κ3) is 5.39. The normalized spacial score (nSPS) is 16.3. The van der Waals surface area contributed by atoms with E-state index in [1.54, 1.807) is 16.4 Å². The van der Waals surface area contributed by atoms with E-state index < -0.39 is 15.9 Å². The number of sulfonamides is 1. The summed E-state index contributed by atoms with van der Waals surface area (Å²) < 4.78 is 49.5. The first-order chi connectivity index (χ1) is 17.8. The number of methoxy groups -OCH3 is 3. The van der Waals surface area contributed by atoms with Gasteiger partial charge in [0.25, 0.3) is 5.91 Å². The number of piperidine rings is 1. The summed E-state index contributed by atoms with van der Waals surface area (Å²) in [6.07, 6.45) is 3.50. The Morgan fingerprint density at radius 1 is 1.05 bits per heavy atom. The number of amides is 1. The molecule has 12 heteroatoms. The van der Waals surface area contributed by atoms with Crippen LogP contribution in [0.15, 0.2) is 45.7 Å². The maximum absolute atomic E-state index is 13.2. The van der Waals surface area contributed by atoms with Crippen molar-refractivity contribution in [3.8, 4) is 28.7 Å².